The summed E-state index contributed by atoms with van der Waals surface area (Å²) < 4.78 is 14.7. The van der Waals surface area contributed by atoms with E-state index in [4.69, 9.17) is 9.47 Å². The van der Waals surface area contributed by atoms with Crippen LogP contribution in [0, 0.1) is 0 Å². The molecular weight excluding hydrogens is 514 g/mol. The van der Waals surface area contributed by atoms with E-state index >= 15 is 0 Å². The zero-order valence-electron chi connectivity index (χ0n) is 21.6. The van der Waals surface area contributed by atoms with E-state index in [2.05, 4.69) is 20.8 Å². The minimum absolute atomic E-state index is 0.00672. The maximum Gasteiger partial charge on any atom is 0.319 e. The number of rotatable bonds is 9. The van der Waals surface area contributed by atoms with Crippen LogP contribution < -0.4 is 10.6 Å². The summed E-state index contributed by atoms with van der Waals surface area (Å²) in [4.78, 5) is 12.5. The van der Waals surface area contributed by atoms with Crippen molar-refractivity contribution in [2.45, 2.75) is 43.2 Å². The second-order valence-electron chi connectivity index (χ2n) is 9.30. The molecule has 0 bridgehead atoms. The fourth-order valence-electron chi connectivity index (χ4n) is 4.31. The van der Waals surface area contributed by atoms with Crippen molar-refractivity contribution in [2.24, 2.45) is 7.05 Å². The quantitative estimate of drug-likeness (QED) is 0.255. The van der Waals surface area contributed by atoms with Crippen molar-refractivity contribution < 1.29 is 19.4 Å². The first-order valence-corrected chi connectivity index (χ1v) is 13.7. The van der Waals surface area contributed by atoms with E-state index in [-0.39, 0.29) is 24.8 Å². The van der Waals surface area contributed by atoms with Crippen molar-refractivity contribution in [1.29, 1.82) is 0 Å². The Kier molecular flexibility index (Phi) is 8.89. The average molecular weight is 546 g/mol. The average Bonchev–Trinajstić information content (AvgIpc) is 3.40. The lowest BCUT2D eigenvalue weighted by Crippen LogP contribution is -2.31. The van der Waals surface area contributed by atoms with Crippen molar-refractivity contribution in [3.8, 4) is 0 Å². The number of nitrogens with one attached hydrogen (secondary N) is 2. The van der Waals surface area contributed by atoms with Crippen LogP contribution in [0.5, 0.6) is 0 Å². The molecule has 5 rings (SSSR count). The molecule has 3 aromatic carbocycles. The molecule has 1 saturated heterocycles. The molecular formula is C29H31N5O4S. The standard InChI is InChI=1S/C29H31N5O4S/c1-34-19-31-33-29(34)39-18-25-15-26(22-12-10-21(17-35)11-13-22)38-27(37-25)23-8-5-9-24(14-23)32-28(36)30-16-20-6-3-2-4-7-20/h2-14,19,25-27,35H,15-18H2,1H3,(H2,30,32,36). The van der Waals surface area contributed by atoms with Crippen LogP contribution in [0.15, 0.2) is 90.3 Å². The lowest BCUT2D eigenvalue weighted by Gasteiger charge is -2.36. The molecule has 0 aliphatic carbocycles. The molecule has 9 nitrogen and oxygen atoms in total. The highest BCUT2D eigenvalue weighted by Gasteiger charge is 2.32. The minimum Gasteiger partial charge on any atom is -0.392 e. The molecule has 0 spiro atoms. The molecule has 39 heavy (non-hydrogen) atoms. The number of aliphatic hydroxyl groups excluding tert-OH is 1. The first kappa shape index (κ1) is 26.9. The van der Waals surface area contributed by atoms with Gasteiger partial charge in [0.2, 0.25) is 0 Å². The second-order valence-corrected chi connectivity index (χ2v) is 10.3. The van der Waals surface area contributed by atoms with Crippen molar-refractivity contribution in [1.82, 2.24) is 20.1 Å². The summed E-state index contributed by atoms with van der Waals surface area (Å²) in [7, 11) is 1.91. The van der Waals surface area contributed by atoms with Gasteiger partial charge in [0.25, 0.3) is 0 Å². The van der Waals surface area contributed by atoms with Crippen LogP contribution in [0.1, 0.15) is 41.1 Å². The van der Waals surface area contributed by atoms with Crippen molar-refractivity contribution in [2.75, 3.05) is 11.1 Å². The summed E-state index contributed by atoms with van der Waals surface area (Å²) in [5.41, 5.74) is 4.34. The molecule has 10 heteroatoms. The molecule has 2 amide bonds. The van der Waals surface area contributed by atoms with Gasteiger partial charge in [0.1, 0.15) is 6.33 Å². The van der Waals surface area contributed by atoms with E-state index in [1.165, 1.54) is 0 Å². The number of urea groups is 1. The Balaban J connectivity index is 1.29. The number of aliphatic hydroxyl groups is 1. The number of carbonyl (C=O) groups is 1. The smallest absolute Gasteiger partial charge is 0.319 e. The van der Waals surface area contributed by atoms with Crippen LogP contribution in [0.25, 0.3) is 0 Å². The first-order valence-electron chi connectivity index (χ1n) is 12.7. The number of hydrogen-bond donors (Lipinski definition) is 3. The van der Waals surface area contributed by atoms with Gasteiger partial charge in [0, 0.05) is 37.0 Å². The Morgan fingerprint density at radius 1 is 1.03 bits per heavy atom. The number of carbonyl (C=O) groups excluding carboxylic acids is 1. The van der Waals surface area contributed by atoms with E-state index in [0.29, 0.717) is 24.4 Å². The number of amides is 2. The lowest BCUT2D eigenvalue weighted by molar-refractivity contribution is -0.245. The maximum atomic E-state index is 12.5. The van der Waals surface area contributed by atoms with Gasteiger partial charge in [-0.15, -0.1) is 10.2 Å². The van der Waals surface area contributed by atoms with Crippen molar-refractivity contribution in [3.05, 3.63) is 107 Å². The third kappa shape index (κ3) is 7.24. The van der Waals surface area contributed by atoms with Crippen LogP contribution >= 0.6 is 11.8 Å². The predicted molar refractivity (Wildman–Crippen MR) is 149 cm³/mol. The number of nitrogens with zero attached hydrogens (tertiary/aromatic N) is 3. The number of benzene rings is 3. The Hall–Kier alpha value is -3.70. The van der Waals surface area contributed by atoms with Gasteiger partial charge in [-0.1, -0.05) is 78.5 Å². The highest BCUT2D eigenvalue weighted by Crippen LogP contribution is 2.39. The van der Waals surface area contributed by atoms with Crippen LogP contribution in [-0.4, -0.2) is 37.8 Å². The molecule has 0 saturated carbocycles. The van der Waals surface area contributed by atoms with E-state index in [1.807, 2.05) is 90.5 Å². The SMILES string of the molecule is Cn1cnnc1SCC1CC(c2ccc(CO)cc2)OC(c2cccc(NC(=O)NCc3ccccc3)c2)O1. The number of anilines is 1. The molecule has 2 heterocycles. The van der Waals surface area contributed by atoms with Crippen LogP contribution in [0.2, 0.25) is 0 Å². The zero-order valence-corrected chi connectivity index (χ0v) is 22.4. The second kappa shape index (κ2) is 12.9. The van der Waals surface area contributed by atoms with Gasteiger partial charge in [-0.2, -0.15) is 0 Å². The zero-order chi connectivity index (χ0) is 27.0. The monoisotopic (exact) mass is 545 g/mol. The highest BCUT2D eigenvalue weighted by atomic mass is 32.2. The summed E-state index contributed by atoms with van der Waals surface area (Å²) >= 11 is 1.59. The third-order valence-electron chi connectivity index (χ3n) is 6.40. The van der Waals surface area contributed by atoms with Gasteiger partial charge < -0.3 is 29.8 Å². The van der Waals surface area contributed by atoms with Gasteiger partial charge in [-0.25, -0.2) is 4.79 Å². The molecule has 1 aromatic heterocycles. The summed E-state index contributed by atoms with van der Waals surface area (Å²) in [5.74, 6) is 0.678. The maximum absolute atomic E-state index is 12.5. The van der Waals surface area contributed by atoms with Crippen LogP contribution in [-0.2, 0) is 29.7 Å². The van der Waals surface area contributed by atoms with E-state index in [0.717, 1.165) is 27.4 Å². The minimum atomic E-state index is -0.625. The molecule has 4 aromatic rings. The number of hydrogen-bond acceptors (Lipinski definition) is 7. The Labute approximate surface area is 231 Å². The van der Waals surface area contributed by atoms with Gasteiger partial charge >= 0.3 is 6.03 Å². The lowest BCUT2D eigenvalue weighted by atomic mass is 10.0. The van der Waals surface area contributed by atoms with Gasteiger partial charge in [-0.3, -0.25) is 0 Å². The van der Waals surface area contributed by atoms with E-state index in [9.17, 15) is 9.90 Å². The van der Waals surface area contributed by atoms with Crippen LogP contribution in [0.4, 0.5) is 10.5 Å². The van der Waals surface area contributed by atoms with E-state index < -0.39 is 6.29 Å². The van der Waals surface area contributed by atoms with E-state index in [1.54, 1.807) is 18.1 Å². The molecule has 202 valence electrons. The Morgan fingerprint density at radius 3 is 2.59 bits per heavy atom. The highest BCUT2D eigenvalue weighted by molar-refractivity contribution is 7.99. The molecule has 1 aliphatic rings. The molecule has 1 aliphatic heterocycles. The van der Waals surface area contributed by atoms with Gasteiger partial charge in [0.05, 0.1) is 18.8 Å². The molecule has 0 radical (unpaired) electrons. The number of thioether (sulfide) groups is 1. The molecule has 3 N–H and O–H groups in total. The Bertz CT molecular complexity index is 1370. The Morgan fingerprint density at radius 2 is 1.85 bits per heavy atom. The number of ether oxygens (including phenoxy) is 2. The van der Waals surface area contributed by atoms with Crippen molar-refractivity contribution in [3.63, 3.8) is 0 Å². The summed E-state index contributed by atoms with van der Waals surface area (Å²) in [6, 6.07) is 24.8. The fraction of sp³-hybridized carbons (Fsp3) is 0.276. The normalized spacial score (nSPS) is 19.0. The van der Waals surface area contributed by atoms with Gasteiger partial charge in [-0.05, 0) is 28.8 Å². The predicted octanol–water partition coefficient (Wildman–Crippen LogP) is 4.97. The molecule has 1 fully saturated rings. The molecule has 3 unspecified atom stereocenters. The topological polar surface area (TPSA) is 111 Å². The number of aryl methyl sites for hydroxylation is 1. The first-order chi connectivity index (χ1) is 19.1. The van der Waals surface area contributed by atoms with Gasteiger partial charge in [0.15, 0.2) is 11.4 Å². The summed E-state index contributed by atoms with van der Waals surface area (Å²) in [5, 5.41) is 24.2. The van der Waals surface area contributed by atoms with Crippen molar-refractivity contribution >= 4 is 23.5 Å². The fourth-order valence-corrected chi connectivity index (χ4v) is 5.22. The number of aromatic nitrogens is 3. The summed E-state index contributed by atoms with van der Waals surface area (Å²) in [6.07, 6.45) is 1.40. The van der Waals surface area contributed by atoms with Crippen LogP contribution in [0.3, 0.4) is 0 Å². The summed E-state index contributed by atoms with van der Waals surface area (Å²) in [6.45, 7) is 0.427. The largest absolute Gasteiger partial charge is 0.392 e. The molecule has 3 atom stereocenters. The third-order valence-corrected chi connectivity index (χ3v) is 7.56.